The summed E-state index contributed by atoms with van der Waals surface area (Å²) < 4.78 is 4.90. The molecule has 0 saturated carbocycles. The summed E-state index contributed by atoms with van der Waals surface area (Å²) in [7, 11) is 0. The van der Waals surface area contributed by atoms with E-state index in [-0.39, 0.29) is 5.97 Å². The van der Waals surface area contributed by atoms with Crippen molar-refractivity contribution in [2.75, 3.05) is 26.2 Å². The van der Waals surface area contributed by atoms with Gasteiger partial charge in [0.25, 0.3) is 0 Å². The third-order valence-corrected chi connectivity index (χ3v) is 4.11. The van der Waals surface area contributed by atoms with Crippen LogP contribution in [0.3, 0.4) is 0 Å². The van der Waals surface area contributed by atoms with Gasteiger partial charge in [0.15, 0.2) is 0 Å². The molecule has 0 aliphatic carbocycles. The Kier molecular flexibility index (Phi) is 5.86. The quantitative estimate of drug-likeness (QED) is 0.607. The maximum Gasteiger partial charge on any atom is 0.330 e. The molecule has 4 heteroatoms. The first-order valence-electron chi connectivity index (χ1n) is 7.62. The third-order valence-electron chi connectivity index (χ3n) is 4.11. The molecule has 2 atom stereocenters. The average molecular weight is 266 g/mol. The molecule has 0 spiro atoms. The van der Waals surface area contributed by atoms with Crippen molar-refractivity contribution in [2.45, 2.75) is 51.1 Å². The molecule has 0 aromatic rings. The van der Waals surface area contributed by atoms with E-state index in [2.05, 4.69) is 10.2 Å². The van der Waals surface area contributed by atoms with Crippen molar-refractivity contribution in [3.8, 4) is 0 Å². The highest BCUT2D eigenvalue weighted by Gasteiger charge is 2.30. The Balaban J connectivity index is 1.83. The summed E-state index contributed by atoms with van der Waals surface area (Å²) in [6, 6.07) is 1.29. The first-order chi connectivity index (χ1) is 9.31. The minimum Gasteiger partial charge on any atom is -0.463 e. The van der Waals surface area contributed by atoms with E-state index < -0.39 is 0 Å². The fourth-order valence-corrected chi connectivity index (χ4v) is 3.21. The topological polar surface area (TPSA) is 41.6 Å². The summed E-state index contributed by atoms with van der Waals surface area (Å²) in [5.41, 5.74) is 0. The maximum atomic E-state index is 11.3. The fourth-order valence-electron chi connectivity index (χ4n) is 3.21. The molecule has 4 nitrogen and oxygen atoms in total. The predicted molar refractivity (Wildman–Crippen MR) is 76.0 cm³/mol. The third kappa shape index (κ3) is 4.32. The van der Waals surface area contributed by atoms with Crippen LogP contribution < -0.4 is 5.32 Å². The minimum atomic E-state index is -0.227. The van der Waals surface area contributed by atoms with Crippen LogP contribution in [-0.2, 0) is 9.53 Å². The highest BCUT2D eigenvalue weighted by atomic mass is 16.5. The van der Waals surface area contributed by atoms with Crippen LogP contribution in [0.4, 0.5) is 0 Å². The Labute approximate surface area is 116 Å². The highest BCUT2D eigenvalue weighted by Crippen LogP contribution is 2.23. The van der Waals surface area contributed by atoms with Gasteiger partial charge in [0, 0.05) is 24.7 Å². The summed E-state index contributed by atoms with van der Waals surface area (Å²) in [6.45, 7) is 5.45. The van der Waals surface area contributed by atoms with Crippen molar-refractivity contribution in [1.82, 2.24) is 10.2 Å². The molecular weight excluding hydrogens is 240 g/mol. The van der Waals surface area contributed by atoms with Crippen molar-refractivity contribution in [1.29, 1.82) is 0 Å². The summed E-state index contributed by atoms with van der Waals surface area (Å²) in [6.07, 6.45) is 10.0. The second-order valence-corrected chi connectivity index (χ2v) is 5.42. The maximum absolute atomic E-state index is 11.3. The van der Waals surface area contributed by atoms with Gasteiger partial charge in [-0.15, -0.1) is 0 Å². The summed E-state index contributed by atoms with van der Waals surface area (Å²) in [5.74, 6) is -0.227. The number of carbonyl (C=O) groups is 1. The number of hydrogen-bond donors (Lipinski definition) is 1. The molecule has 2 unspecified atom stereocenters. The number of ether oxygens (including phenoxy) is 1. The van der Waals surface area contributed by atoms with Crippen LogP contribution in [0.1, 0.15) is 39.0 Å². The molecule has 0 aromatic carbocycles. The fraction of sp³-hybridized carbons (Fsp3) is 0.800. The van der Waals surface area contributed by atoms with Crippen molar-refractivity contribution < 1.29 is 9.53 Å². The number of nitrogens with one attached hydrogen (secondary N) is 1. The Morgan fingerprint density at radius 2 is 2.26 bits per heavy atom. The van der Waals surface area contributed by atoms with E-state index >= 15 is 0 Å². The largest absolute Gasteiger partial charge is 0.463 e. The Morgan fingerprint density at radius 3 is 3.00 bits per heavy atom. The SMILES string of the molecule is CCOC(=O)/C=C/CN1CCCCC1C1CCCN1. The van der Waals surface area contributed by atoms with Crippen LogP contribution in [0.25, 0.3) is 0 Å². The van der Waals surface area contributed by atoms with E-state index in [4.69, 9.17) is 4.74 Å². The number of likely N-dealkylation sites (tertiary alicyclic amines) is 1. The molecule has 2 aliphatic heterocycles. The lowest BCUT2D eigenvalue weighted by atomic mass is 9.94. The minimum absolute atomic E-state index is 0.227. The molecule has 0 aromatic heterocycles. The highest BCUT2D eigenvalue weighted by molar-refractivity contribution is 5.81. The van der Waals surface area contributed by atoms with Gasteiger partial charge < -0.3 is 10.1 Å². The molecule has 2 rings (SSSR count). The Bertz CT molecular complexity index is 311. The molecule has 2 fully saturated rings. The molecule has 0 bridgehead atoms. The van der Waals surface area contributed by atoms with Gasteiger partial charge in [-0.2, -0.15) is 0 Å². The number of nitrogens with zero attached hydrogens (tertiary/aromatic N) is 1. The van der Waals surface area contributed by atoms with E-state index in [1.165, 1.54) is 32.1 Å². The van der Waals surface area contributed by atoms with E-state index in [1.807, 2.05) is 13.0 Å². The van der Waals surface area contributed by atoms with Gasteiger partial charge in [-0.1, -0.05) is 12.5 Å². The van der Waals surface area contributed by atoms with Gasteiger partial charge >= 0.3 is 5.97 Å². The number of rotatable bonds is 5. The summed E-state index contributed by atoms with van der Waals surface area (Å²) in [5, 5.41) is 3.62. The van der Waals surface area contributed by atoms with Gasteiger partial charge in [-0.05, 0) is 45.7 Å². The zero-order valence-corrected chi connectivity index (χ0v) is 11.9. The van der Waals surface area contributed by atoms with Crippen LogP contribution in [0.15, 0.2) is 12.2 Å². The lowest BCUT2D eigenvalue weighted by Gasteiger charge is -2.38. The molecule has 2 aliphatic rings. The first kappa shape index (κ1) is 14.5. The average Bonchev–Trinajstić information content (AvgIpc) is 2.93. The number of piperidine rings is 1. The van der Waals surface area contributed by atoms with Gasteiger partial charge in [0.1, 0.15) is 0 Å². The standard InChI is InChI=1S/C15H26N2O2/c1-2-19-15(18)9-6-12-17-11-4-3-8-14(17)13-7-5-10-16-13/h6,9,13-14,16H,2-5,7-8,10-12H2,1H3/b9-6+. The Hall–Kier alpha value is -0.870. The van der Waals surface area contributed by atoms with E-state index in [1.54, 1.807) is 6.08 Å². The molecule has 108 valence electrons. The van der Waals surface area contributed by atoms with Gasteiger partial charge in [0.2, 0.25) is 0 Å². The van der Waals surface area contributed by atoms with E-state index in [0.717, 1.165) is 19.6 Å². The first-order valence-corrected chi connectivity index (χ1v) is 7.62. The smallest absolute Gasteiger partial charge is 0.330 e. The summed E-state index contributed by atoms with van der Waals surface area (Å²) >= 11 is 0. The van der Waals surface area contributed by atoms with Gasteiger partial charge in [-0.25, -0.2) is 4.79 Å². The molecule has 1 N–H and O–H groups in total. The monoisotopic (exact) mass is 266 g/mol. The van der Waals surface area contributed by atoms with Crippen LogP contribution in [0.5, 0.6) is 0 Å². The number of esters is 1. The molecule has 2 heterocycles. The zero-order chi connectivity index (χ0) is 13.5. The van der Waals surface area contributed by atoms with Gasteiger partial charge in [0.05, 0.1) is 6.61 Å². The Morgan fingerprint density at radius 1 is 1.37 bits per heavy atom. The lowest BCUT2D eigenvalue weighted by molar-refractivity contribution is -0.137. The van der Waals surface area contributed by atoms with Crippen LogP contribution >= 0.6 is 0 Å². The van der Waals surface area contributed by atoms with Crippen molar-refractivity contribution in [3.63, 3.8) is 0 Å². The second-order valence-electron chi connectivity index (χ2n) is 5.42. The molecule has 2 saturated heterocycles. The number of carbonyl (C=O) groups excluding carboxylic acids is 1. The molecule has 0 radical (unpaired) electrons. The van der Waals surface area contributed by atoms with Crippen LogP contribution in [0, 0.1) is 0 Å². The summed E-state index contributed by atoms with van der Waals surface area (Å²) in [4.78, 5) is 13.8. The molecular formula is C15H26N2O2. The van der Waals surface area contributed by atoms with Gasteiger partial charge in [-0.3, -0.25) is 4.90 Å². The number of hydrogen-bond acceptors (Lipinski definition) is 4. The van der Waals surface area contributed by atoms with Crippen molar-refractivity contribution >= 4 is 5.97 Å². The van der Waals surface area contributed by atoms with Crippen molar-refractivity contribution in [2.24, 2.45) is 0 Å². The van der Waals surface area contributed by atoms with Crippen LogP contribution in [-0.4, -0.2) is 49.2 Å². The zero-order valence-electron chi connectivity index (χ0n) is 11.9. The van der Waals surface area contributed by atoms with Crippen LogP contribution in [0.2, 0.25) is 0 Å². The molecule has 19 heavy (non-hydrogen) atoms. The van der Waals surface area contributed by atoms with E-state index in [9.17, 15) is 4.79 Å². The predicted octanol–water partition coefficient (Wildman–Crippen LogP) is 1.71. The second kappa shape index (κ2) is 7.65. The van der Waals surface area contributed by atoms with E-state index in [0.29, 0.717) is 18.7 Å². The normalized spacial score (nSPS) is 28.9. The molecule has 0 amide bonds. The lowest BCUT2D eigenvalue weighted by Crippen LogP contribution is -2.50. The van der Waals surface area contributed by atoms with Crippen molar-refractivity contribution in [3.05, 3.63) is 12.2 Å².